The van der Waals surface area contributed by atoms with Crippen molar-refractivity contribution in [1.29, 1.82) is 0 Å². The minimum Gasteiger partial charge on any atom is -0.325 e. The molecule has 5 heteroatoms. The first-order valence-electron chi connectivity index (χ1n) is 5.53. The molecule has 0 unspecified atom stereocenters. The smallest absolute Gasteiger partial charge is 0.325 e. The topological polar surface area (TPSA) is 29.3 Å². The van der Waals surface area contributed by atoms with Crippen molar-refractivity contribution in [3.8, 4) is 0 Å². The highest BCUT2D eigenvalue weighted by Gasteiger charge is 2.43. The molecule has 0 atom stereocenters. The minimum atomic E-state index is -3.99. The van der Waals surface area contributed by atoms with Crippen molar-refractivity contribution in [2.45, 2.75) is 43.9 Å². The van der Waals surface area contributed by atoms with Gasteiger partial charge in [-0.3, -0.25) is 4.90 Å². The Bertz CT molecular complexity index is 215. The van der Waals surface area contributed by atoms with E-state index in [1.165, 1.54) is 0 Å². The van der Waals surface area contributed by atoms with Gasteiger partial charge in [0.05, 0.1) is 5.92 Å². The zero-order chi connectivity index (χ0) is 11.1. The summed E-state index contributed by atoms with van der Waals surface area (Å²) in [5.74, 6) is -1.07. The average molecular weight is 222 g/mol. The van der Waals surface area contributed by atoms with Crippen LogP contribution in [0.2, 0.25) is 0 Å². The molecule has 1 aliphatic carbocycles. The third-order valence-electron chi connectivity index (χ3n) is 3.61. The molecular formula is C10H17F3N2. The molecule has 2 rings (SSSR count). The van der Waals surface area contributed by atoms with Crippen LogP contribution in [0.3, 0.4) is 0 Å². The maximum atomic E-state index is 12.4. The standard InChI is InChI=1S/C10H17F3N2/c11-10(12,13)7-1-3-9(4-2-7)15-5-8(14)6-15/h7-9H,1-6,14H2. The Morgan fingerprint density at radius 1 is 1.00 bits per heavy atom. The van der Waals surface area contributed by atoms with Gasteiger partial charge in [-0.05, 0) is 25.7 Å². The number of nitrogens with zero attached hydrogens (tertiary/aromatic N) is 1. The lowest BCUT2D eigenvalue weighted by atomic mass is 9.83. The normalized spacial score (nSPS) is 35.2. The highest BCUT2D eigenvalue weighted by atomic mass is 19.4. The molecule has 2 fully saturated rings. The lowest BCUT2D eigenvalue weighted by Crippen LogP contribution is -2.60. The summed E-state index contributed by atoms with van der Waals surface area (Å²) >= 11 is 0. The van der Waals surface area contributed by atoms with Gasteiger partial charge < -0.3 is 5.73 Å². The fraction of sp³-hybridized carbons (Fsp3) is 1.00. The minimum absolute atomic E-state index is 0.241. The van der Waals surface area contributed by atoms with Crippen molar-refractivity contribution in [3.05, 3.63) is 0 Å². The third kappa shape index (κ3) is 2.45. The molecule has 1 saturated carbocycles. The first kappa shape index (κ1) is 11.2. The van der Waals surface area contributed by atoms with Gasteiger partial charge in [0.15, 0.2) is 0 Å². The van der Waals surface area contributed by atoms with Gasteiger partial charge in [-0.2, -0.15) is 13.2 Å². The molecule has 2 N–H and O–H groups in total. The maximum absolute atomic E-state index is 12.4. The summed E-state index contributed by atoms with van der Waals surface area (Å²) < 4.78 is 37.2. The van der Waals surface area contributed by atoms with Crippen LogP contribution in [0.1, 0.15) is 25.7 Å². The summed E-state index contributed by atoms with van der Waals surface area (Å²) in [5.41, 5.74) is 5.65. The first-order valence-corrected chi connectivity index (χ1v) is 5.53. The average Bonchev–Trinajstić information content (AvgIpc) is 2.12. The van der Waals surface area contributed by atoms with E-state index in [1.54, 1.807) is 0 Å². The monoisotopic (exact) mass is 222 g/mol. The third-order valence-corrected chi connectivity index (χ3v) is 3.61. The number of alkyl halides is 3. The van der Waals surface area contributed by atoms with Crippen LogP contribution in [0.5, 0.6) is 0 Å². The molecular weight excluding hydrogens is 205 g/mol. The molecule has 0 radical (unpaired) electrons. The van der Waals surface area contributed by atoms with E-state index in [1.807, 2.05) is 0 Å². The van der Waals surface area contributed by atoms with Crippen molar-refractivity contribution in [2.24, 2.45) is 11.7 Å². The van der Waals surface area contributed by atoms with E-state index >= 15 is 0 Å². The summed E-state index contributed by atoms with van der Waals surface area (Å²) in [5, 5.41) is 0. The predicted octanol–water partition coefficient (Wildman–Crippen LogP) is 1.75. The second kappa shape index (κ2) is 3.94. The Labute approximate surface area is 87.6 Å². The molecule has 2 aliphatic rings. The summed E-state index contributed by atoms with van der Waals surface area (Å²) in [6.07, 6.45) is -2.05. The van der Waals surface area contributed by atoms with Gasteiger partial charge in [0, 0.05) is 25.2 Å². The number of likely N-dealkylation sites (tertiary alicyclic amines) is 1. The number of halogens is 3. The summed E-state index contributed by atoms with van der Waals surface area (Å²) in [6, 6.07) is 0.591. The Balaban J connectivity index is 1.77. The number of hydrogen-bond acceptors (Lipinski definition) is 2. The molecule has 0 bridgehead atoms. The summed E-state index contributed by atoms with van der Waals surface area (Å²) in [4.78, 5) is 2.22. The fourth-order valence-electron chi connectivity index (χ4n) is 2.62. The van der Waals surface area contributed by atoms with Gasteiger partial charge in [0.1, 0.15) is 0 Å². The zero-order valence-corrected chi connectivity index (χ0v) is 8.63. The van der Waals surface area contributed by atoms with E-state index in [0.29, 0.717) is 31.7 Å². The van der Waals surface area contributed by atoms with Crippen molar-refractivity contribution < 1.29 is 13.2 Å². The fourth-order valence-corrected chi connectivity index (χ4v) is 2.62. The summed E-state index contributed by atoms with van der Waals surface area (Å²) in [7, 11) is 0. The van der Waals surface area contributed by atoms with E-state index in [0.717, 1.165) is 13.1 Å². The van der Waals surface area contributed by atoms with Crippen LogP contribution in [0.25, 0.3) is 0 Å². The predicted molar refractivity (Wildman–Crippen MR) is 51.3 cm³/mol. The first-order chi connectivity index (χ1) is 6.97. The molecule has 0 spiro atoms. The van der Waals surface area contributed by atoms with Crippen LogP contribution < -0.4 is 5.73 Å². The Hall–Kier alpha value is -0.290. The van der Waals surface area contributed by atoms with Crippen molar-refractivity contribution in [1.82, 2.24) is 4.90 Å². The largest absolute Gasteiger partial charge is 0.391 e. The molecule has 0 aromatic rings. The van der Waals surface area contributed by atoms with Gasteiger partial charge in [0.25, 0.3) is 0 Å². The Morgan fingerprint density at radius 3 is 1.93 bits per heavy atom. The zero-order valence-electron chi connectivity index (χ0n) is 8.63. The van der Waals surface area contributed by atoms with Gasteiger partial charge >= 0.3 is 6.18 Å². The molecule has 1 aliphatic heterocycles. The highest BCUT2D eigenvalue weighted by molar-refractivity contribution is 4.90. The van der Waals surface area contributed by atoms with E-state index in [9.17, 15) is 13.2 Å². The van der Waals surface area contributed by atoms with Crippen LogP contribution in [0.4, 0.5) is 13.2 Å². The molecule has 15 heavy (non-hydrogen) atoms. The van der Waals surface area contributed by atoms with E-state index in [-0.39, 0.29) is 6.04 Å². The molecule has 0 amide bonds. The van der Waals surface area contributed by atoms with Gasteiger partial charge in [-0.1, -0.05) is 0 Å². The number of nitrogens with two attached hydrogens (primary N) is 1. The highest BCUT2D eigenvalue weighted by Crippen LogP contribution is 2.39. The van der Waals surface area contributed by atoms with Gasteiger partial charge in [-0.25, -0.2) is 0 Å². The quantitative estimate of drug-likeness (QED) is 0.732. The van der Waals surface area contributed by atoms with Crippen LogP contribution in [-0.2, 0) is 0 Å². The number of rotatable bonds is 1. The van der Waals surface area contributed by atoms with Crippen LogP contribution in [0.15, 0.2) is 0 Å². The molecule has 88 valence electrons. The van der Waals surface area contributed by atoms with Crippen LogP contribution in [-0.4, -0.2) is 36.2 Å². The van der Waals surface area contributed by atoms with E-state index < -0.39 is 12.1 Å². The number of hydrogen-bond donors (Lipinski definition) is 1. The van der Waals surface area contributed by atoms with Crippen LogP contribution >= 0.6 is 0 Å². The second-order valence-corrected chi connectivity index (χ2v) is 4.76. The molecule has 0 aromatic carbocycles. The SMILES string of the molecule is NC1CN(C2CCC(C(F)(F)F)CC2)C1. The molecule has 0 aromatic heterocycles. The Morgan fingerprint density at radius 2 is 1.53 bits per heavy atom. The summed E-state index contributed by atoms with van der Waals surface area (Å²) in [6.45, 7) is 1.72. The van der Waals surface area contributed by atoms with Crippen LogP contribution in [0, 0.1) is 5.92 Å². The lowest BCUT2D eigenvalue weighted by Gasteiger charge is -2.45. The van der Waals surface area contributed by atoms with Gasteiger partial charge in [0.2, 0.25) is 0 Å². The lowest BCUT2D eigenvalue weighted by molar-refractivity contribution is -0.185. The maximum Gasteiger partial charge on any atom is 0.391 e. The van der Waals surface area contributed by atoms with Crippen molar-refractivity contribution in [3.63, 3.8) is 0 Å². The van der Waals surface area contributed by atoms with Crippen molar-refractivity contribution in [2.75, 3.05) is 13.1 Å². The molecule has 1 heterocycles. The Kier molecular flexibility index (Phi) is 2.94. The van der Waals surface area contributed by atoms with E-state index in [4.69, 9.17) is 5.73 Å². The second-order valence-electron chi connectivity index (χ2n) is 4.76. The molecule has 2 nitrogen and oxygen atoms in total. The molecule has 1 saturated heterocycles. The van der Waals surface area contributed by atoms with Crippen molar-refractivity contribution >= 4 is 0 Å². The van der Waals surface area contributed by atoms with Gasteiger partial charge in [-0.15, -0.1) is 0 Å². The van der Waals surface area contributed by atoms with E-state index in [2.05, 4.69) is 4.90 Å².